The third-order valence-corrected chi connectivity index (χ3v) is 5.78. The molecule has 1 aromatic carbocycles. The summed E-state index contributed by atoms with van der Waals surface area (Å²) in [5, 5.41) is 10.6. The molecule has 1 fully saturated rings. The molecule has 1 unspecified atom stereocenters. The van der Waals surface area contributed by atoms with Crippen molar-refractivity contribution in [2.45, 2.75) is 18.9 Å². The number of carbonyl (C=O) groups excluding carboxylic acids is 1. The van der Waals surface area contributed by atoms with Crippen molar-refractivity contribution < 1.29 is 22.7 Å². The Balaban J connectivity index is 1.34. The van der Waals surface area contributed by atoms with Gasteiger partial charge in [0.1, 0.15) is 0 Å². The second-order valence-electron chi connectivity index (χ2n) is 7.96. The van der Waals surface area contributed by atoms with Crippen LogP contribution in [0.2, 0.25) is 0 Å². The number of rotatable bonds is 6. The van der Waals surface area contributed by atoms with Crippen LogP contribution < -0.4 is 10.2 Å². The van der Waals surface area contributed by atoms with Crippen LogP contribution >= 0.6 is 0 Å². The average Bonchev–Trinajstić information content (AvgIpc) is 3.56. The Kier molecular flexibility index (Phi) is 5.65. The molecule has 2 N–H and O–H groups in total. The van der Waals surface area contributed by atoms with Crippen molar-refractivity contribution in [1.29, 1.82) is 0 Å². The molecule has 1 aliphatic rings. The summed E-state index contributed by atoms with van der Waals surface area (Å²) in [5.74, 6) is -2.93. The van der Waals surface area contributed by atoms with Crippen LogP contribution in [0.3, 0.4) is 0 Å². The number of amides is 1. The number of pyridine rings is 1. The molecule has 1 atom stereocenters. The lowest BCUT2D eigenvalue weighted by atomic mass is 10.2. The van der Waals surface area contributed by atoms with Crippen molar-refractivity contribution >= 4 is 28.3 Å². The smallest absolute Gasteiger partial charge is 0.277 e. The van der Waals surface area contributed by atoms with Crippen LogP contribution in [0, 0.1) is 17.5 Å². The van der Waals surface area contributed by atoms with Gasteiger partial charge < -0.3 is 19.9 Å². The summed E-state index contributed by atoms with van der Waals surface area (Å²) >= 11 is 0. The van der Waals surface area contributed by atoms with E-state index < -0.39 is 23.4 Å². The Hall–Kier alpha value is -3.93. The normalized spacial score (nSPS) is 15.9. The molecule has 0 aliphatic carbocycles. The zero-order valence-electron chi connectivity index (χ0n) is 18.1. The van der Waals surface area contributed by atoms with Gasteiger partial charge in [0.25, 0.3) is 5.91 Å². The molecule has 12 heteroatoms. The third-order valence-electron chi connectivity index (χ3n) is 5.78. The SMILES string of the molecule is COCC1CCCN1c1ncc(-n2cc(C(=O)Nc3c[nH]c4cc(F)c(F)cc34)nn2)cc1F. The van der Waals surface area contributed by atoms with Crippen LogP contribution in [0.15, 0.2) is 36.8 Å². The van der Waals surface area contributed by atoms with Gasteiger partial charge in [-0.05, 0) is 18.9 Å². The number of nitrogens with zero attached hydrogens (tertiary/aromatic N) is 5. The highest BCUT2D eigenvalue weighted by Gasteiger charge is 2.28. The average molecular weight is 471 g/mol. The first-order valence-corrected chi connectivity index (χ1v) is 10.6. The molecule has 34 heavy (non-hydrogen) atoms. The van der Waals surface area contributed by atoms with Crippen molar-refractivity contribution in [2.75, 3.05) is 30.5 Å². The van der Waals surface area contributed by atoms with Gasteiger partial charge in [0.15, 0.2) is 29.0 Å². The maximum atomic E-state index is 14.9. The molecule has 0 radical (unpaired) electrons. The van der Waals surface area contributed by atoms with E-state index in [2.05, 4.69) is 25.6 Å². The van der Waals surface area contributed by atoms with Crippen molar-refractivity contribution in [3.05, 3.63) is 59.9 Å². The van der Waals surface area contributed by atoms with Crippen molar-refractivity contribution in [3.63, 3.8) is 0 Å². The molecule has 4 aromatic rings. The standard InChI is InChI=1S/C22H20F3N7O2/c1-34-11-12-3-2-4-31(12)21-17(25)5-13(8-27-21)32-10-20(29-30-32)22(33)28-19-9-26-18-7-16(24)15(23)6-14(18)19/h5-10,12,26H,2-4,11H2,1H3,(H,28,33). The van der Waals surface area contributed by atoms with E-state index in [1.165, 1.54) is 29.3 Å². The summed E-state index contributed by atoms with van der Waals surface area (Å²) in [5.41, 5.74) is 0.813. The number of halogens is 3. The molecule has 0 bridgehead atoms. The Morgan fingerprint density at radius 2 is 2.06 bits per heavy atom. The van der Waals surface area contributed by atoms with Gasteiger partial charge in [-0.25, -0.2) is 22.8 Å². The molecular formula is C22H20F3N7O2. The van der Waals surface area contributed by atoms with Crippen LogP contribution in [0.25, 0.3) is 16.6 Å². The topological polar surface area (TPSA) is 101 Å². The molecule has 1 aliphatic heterocycles. The number of hydrogen-bond acceptors (Lipinski definition) is 6. The lowest BCUT2D eigenvalue weighted by Crippen LogP contribution is -2.34. The lowest BCUT2D eigenvalue weighted by Gasteiger charge is -2.25. The van der Waals surface area contributed by atoms with E-state index in [0.29, 0.717) is 29.7 Å². The van der Waals surface area contributed by atoms with Gasteiger partial charge in [0, 0.05) is 37.4 Å². The second-order valence-corrected chi connectivity index (χ2v) is 7.96. The number of anilines is 2. The molecule has 1 amide bonds. The highest BCUT2D eigenvalue weighted by atomic mass is 19.2. The number of H-pyrrole nitrogens is 1. The van der Waals surface area contributed by atoms with Crippen LogP contribution in [-0.4, -0.2) is 57.2 Å². The van der Waals surface area contributed by atoms with Gasteiger partial charge >= 0.3 is 0 Å². The predicted octanol–water partition coefficient (Wildman–Crippen LogP) is 3.43. The minimum Gasteiger partial charge on any atom is -0.383 e. The molecule has 4 heterocycles. The fourth-order valence-corrected chi connectivity index (χ4v) is 4.14. The minimum atomic E-state index is -1.03. The maximum Gasteiger partial charge on any atom is 0.277 e. The quantitative estimate of drug-likeness (QED) is 0.447. The van der Waals surface area contributed by atoms with Gasteiger partial charge in [-0.15, -0.1) is 5.10 Å². The Morgan fingerprint density at radius 3 is 2.85 bits per heavy atom. The Morgan fingerprint density at radius 1 is 1.24 bits per heavy atom. The number of nitrogens with one attached hydrogen (secondary N) is 2. The Bertz CT molecular complexity index is 1370. The van der Waals surface area contributed by atoms with Crippen molar-refractivity contribution in [2.24, 2.45) is 0 Å². The van der Waals surface area contributed by atoms with E-state index in [1.54, 1.807) is 7.11 Å². The fourth-order valence-electron chi connectivity index (χ4n) is 4.14. The van der Waals surface area contributed by atoms with Gasteiger partial charge in [-0.1, -0.05) is 5.21 Å². The number of benzene rings is 1. The molecule has 3 aromatic heterocycles. The highest BCUT2D eigenvalue weighted by Crippen LogP contribution is 2.28. The highest BCUT2D eigenvalue weighted by molar-refractivity contribution is 6.07. The number of ether oxygens (including phenoxy) is 1. The fraction of sp³-hybridized carbons (Fsp3) is 0.273. The number of methoxy groups -OCH3 is 1. The van der Waals surface area contributed by atoms with E-state index in [1.807, 2.05) is 4.90 Å². The summed E-state index contributed by atoms with van der Waals surface area (Å²) in [6.45, 7) is 1.18. The van der Waals surface area contributed by atoms with Crippen LogP contribution in [-0.2, 0) is 4.74 Å². The van der Waals surface area contributed by atoms with Gasteiger partial charge in [-0.2, -0.15) is 0 Å². The van der Waals surface area contributed by atoms with E-state index in [4.69, 9.17) is 4.74 Å². The first-order chi connectivity index (χ1) is 16.4. The summed E-state index contributed by atoms with van der Waals surface area (Å²) in [6, 6.07) is 3.33. The first kappa shape index (κ1) is 21.9. The molecule has 1 saturated heterocycles. The number of aromatic nitrogens is 5. The lowest BCUT2D eigenvalue weighted by molar-refractivity contribution is 0.102. The van der Waals surface area contributed by atoms with Gasteiger partial charge in [0.2, 0.25) is 0 Å². The zero-order valence-corrected chi connectivity index (χ0v) is 18.1. The van der Waals surface area contributed by atoms with Crippen LogP contribution in [0.5, 0.6) is 0 Å². The van der Waals surface area contributed by atoms with E-state index in [0.717, 1.165) is 25.0 Å². The number of aromatic amines is 1. The van der Waals surface area contributed by atoms with E-state index >= 15 is 0 Å². The largest absolute Gasteiger partial charge is 0.383 e. The van der Waals surface area contributed by atoms with Crippen molar-refractivity contribution in [3.8, 4) is 5.69 Å². The maximum absolute atomic E-state index is 14.9. The van der Waals surface area contributed by atoms with Gasteiger partial charge in [0.05, 0.1) is 41.9 Å². The monoisotopic (exact) mass is 471 g/mol. The van der Waals surface area contributed by atoms with E-state index in [9.17, 15) is 18.0 Å². The van der Waals surface area contributed by atoms with Crippen LogP contribution in [0.1, 0.15) is 23.3 Å². The number of hydrogen-bond donors (Lipinski definition) is 2. The molecule has 5 rings (SSSR count). The van der Waals surface area contributed by atoms with Crippen LogP contribution in [0.4, 0.5) is 24.7 Å². The molecule has 0 spiro atoms. The summed E-state index contributed by atoms with van der Waals surface area (Å²) in [6.07, 6.45) is 6.02. The first-order valence-electron chi connectivity index (χ1n) is 10.6. The summed E-state index contributed by atoms with van der Waals surface area (Å²) in [7, 11) is 1.61. The molecule has 9 nitrogen and oxygen atoms in total. The second kappa shape index (κ2) is 8.78. The Labute approximate surface area is 191 Å². The molecular weight excluding hydrogens is 451 g/mol. The summed E-state index contributed by atoms with van der Waals surface area (Å²) < 4.78 is 48.3. The summed E-state index contributed by atoms with van der Waals surface area (Å²) in [4.78, 5) is 21.6. The number of fused-ring (bicyclic) bond motifs is 1. The minimum absolute atomic E-state index is 0.0545. The molecule has 176 valence electrons. The van der Waals surface area contributed by atoms with E-state index in [-0.39, 0.29) is 23.2 Å². The molecule has 0 saturated carbocycles. The van der Waals surface area contributed by atoms with Crippen molar-refractivity contribution in [1.82, 2.24) is 25.0 Å². The zero-order chi connectivity index (χ0) is 23.8. The third kappa shape index (κ3) is 3.96. The van der Waals surface area contributed by atoms with Gasteiger partial charge in [-0.3, -0.25) is 4.79 Å². The number of carbonyl (C=O) groups is 1. The predicted molar refractivity (Wildman–Crippen MR) is 118 cm³/mol.